The van der Waals surface area contributed by atoms with Crippen molar-refractivity contribution in [2.45, 2.75) is 18.9 Å². The van der Waals surface area contributed by atoms with E-state index in [1.54, 1.807) is 0 Å². The van der Waals surface area contributed by atoms with Crippen LogP contribution in [0.2, 0.25) is 0 Å². The van der Waals surface area contributed by atoms with Gasteiger partial charge in [0.2, 0.25) is 0 Å². The van der Waals surface area contributed by atoms with Crippen molar-refractivity contribution in [2.24, 2.45) is 0 Å². The van der Waals surface area contributed by atoms with Gasteiger partial charge in [-0.1, -0.05) is 0 Å². The zero-order chi connectivity index (χ0) is 12.6. The maximum atomic E-state index is 13.4. The van der Waals surface area contributed by atoms with E-state index in [4.69, 9.17) is 11.6 Å². The minimum Gasteiger partial charge on any atom is -0.321 e. The number of hydrogen-bond acceptors (Lipinski definition) is 1. The average Bonchev–Trinajstić information content (AvgIpc) is 2.56. The van der Waals surface area contributed by atoms with E-state index in [1.165, 1.54) is 0 Å². The molecule has 0 saturated heterocycles. The topological polar surface area (TPSA) is 17.8 Å². The van der Waals surface area contributed by atoms with Gasteiger partial charge in [0.1, 0.15) is 17.2 Å². The van der Waals surface area contributed by atoms with E-state index in [9.17, 15) is 17.6 Å². The van der Waals surface area contributed by atoms with Crippen molar-refractivity contribution in [3.63, 3.8) is 0 Å². The molecule has 1 aromatic carbocycles. The van der Waals surface area contributed by atoms with Crippen molar-refractivity contribution < 1.29 is 17.6 Å². The van der Waals surface area contributed by atoms with Crippen LogP contribution in [0.5, 0.6) is 0 Å². The molecule has 0 bridgehead atoms. The molecule has 0 aliphatic rings. The smallest absolute Gasteiger partial charge is 0.256 e. The first-order valence-corrected chi connectivity index (χ1v) is 5.24. The quantitative estimate of drug-likeness (QED) is 0.616. The summed E-state index contributed by atoms with van der Waals surface area (Å²) < 4.78 is 52.1. The van der Waals surface area contributed by atoms with Gasteiger partial charge < -0.3 is 4.57 Å². The van der Waals surface area contributed by atoms with Crippen molar-refractivity contribution in [3.05, 3.63) is 29.6 Å². The Balaban J connectivity index is 2.69. The number of halogens is 5. The Labute approximate surface area is 98.8 Å². The molecule has 0 atom stereocenters. The van der Waals surface area contributed by atoms with E-state index >= 15 is 0 Å². The highest BCUT2D eigenvalue weighted by atomic mass is 35.5. The first kappa shape index (κ1) is 12.2. The van der Waals surface area contributed by atoms with Crippen molar-refractivity contribution in [3.8, 4) is 0 Å². The van der Waals surface area contributed by atoms with Crippen LogP contribution in [0.1, 0.15) is 5.82 Å². The maximum Gasteiger partial charge on any atom is 0.256 e. The standard InChI is InChI=1S/C10H7ClF4N2/c11-3-9-16-10-6(13)1-5(12)2-7(10)17(9)4-8(14)15/h1-2,8H,3-4H2. The molecule has 7 heteroatoms. The molecule has 2 nitrogen and oxygen atoms in total. The zero-order valence-corrected chi connectivity index (χ0v) is 9.19. The molecule has 92 valence electrons. The summed E-state index contributed by atoms with van der Waals surface area (Å²) in [5.41, 5.74) is -0.166. The molecule has 1 heterocycles. The number of imidazole rings is 1. The van der Waals surface area contributed by atoms with Gasteiger partial charge in [-0.05, 0) is 6.07 Å². The molecular weight excluding hydrogens is 260 g/mol. The van der Waals surface area contributed by atoms with Crippen LogP contribution in [0.25, 0.3) is 11.0 Å². The molecule has 2 rings (SSSR count). The fourth-order valence-electron chi connectivity index (χ4n) is 1.64. The minimum absolute atomic E-state index is 0.0153. The molecule has 0 aliphatic heterocycles. The molecule has 17 heavy (non-hydrogen) atoms. The van der Waals surface area contributed by atoms with Gasteiger partial charge in [0.25, 0.3) is 6.43 Å². The van der Waals surface area contributed by atoms with E-state index in [2.05, 4.69) is 4.98 Å². The Bertz CT molecular complexity index is 553. The molecule has 0 unspecified atom stereocenters. The second-order valence-electron chi connectivity index (χ2n) is 3.42. The lowest BCUT2D eigenvalue weighted by atomic mass is 10.3. The lowest BCUT2D eigenvalue weighted by molar-refractivity contribution is 0.127. The number of nitrogens with zero attached hydrogens (tertiary/aromatic N) is 2. The number of hydrogen-bond donors (Lipinski definition) is 0. The minimum atomic E-state index is -2.65. The van der Waals surface area contributed by atoms with Gasteiger partial charge in [-0.3, -0.25) is 0 Å². The zero-order valence-electron chi connectivity index (χ0n) is 8.43. The van der Waals surface area contributed by atoms with Gasteiger partial charge in [-0.15, -0.1) is 11.6 Å². The fourth-order valence-corrected chi connectivity index (χ4v) is 1.85. The Morgan fingerprint density at radius 2 is 2.00 bits per heavy atom. The van der Waals surface area contributed by atoms with E-state index in [0.29, 0.717) is 6.07 Å². The summed E-state index contributed by atoms with van der Waals surface area (Å²) in [5, 5.41) is 0. The van der Waals surface area contributed by atoms with Crippen molar-refractivity contribution in [1.29, 1.82) is 0 Å². The normalized spacial score (nSPS) is 11.6. The van der Waals surface area contributed by atoms with Gasteiger partial charge in [-0.2, -0.15) is 0 Å². The third-order valence-electron chi connectivity index (χ3n) is 2.29. The van der Waals surface area contributed by atoms with Crippen LogP contribution in [0.4, 0.5) is 17.6 Å². The number of rotatable bonds is 3. The van der Waals surface area contributed by atoms with Crippen molar-refractivity contribution >= 4 is 22.6 Å². The Hall–Kier alpha value is -1.30. The molecule has 0 saturated carbocycles. The lowest BCUT2D eigenvalue weighted by Crippen LogP contribution is -2.09. The van der Waals surface area contributed by atoms with E-state index in [1.807, 2.05) is 0 Å². The van der Waals surface area contributed by atoms with E-state index in [-0.39, 0.29) is 22.7 Å². The van der Waals surface area contributed by atoms with Gasteiger partial charge in [0.05, 0.1) is 17.9 Å². The molecule has 2 aromatic rings. The highest BCUT2D eigenvalue weighted by Crippen LogP contribution is 2.22. The second kappa shape index (κ2) is 4.52. The Kier molecular flexibility index (Phi) is 3.24. The van der Waals surface area contributed by atoms with Crippen LogP contribution in [0.15, 0.2) is 12.1 Å². The first-order chi connectivity index (χ1) is 8.02. The van der Waals surface area contributed by atoms with Gasteiger partial charge >= 0.3 is 0 Å². The molecule has 0 aliphatic carbocycles. The predicted octanol–water partition coefficient (Wildman–Crippen LogP) is 3.32. The fraction of sp³-hybridized carbons (Fsp3) is 0.300. The number of alkyl halides is 3. The third kappa shape index (κ3) is 2.22. The summed E-state index contributed by atoms with van der Waals surface area (Å²) in [5.74, 6) is -1.79. The molecule has 0 radical (unpaired) electrons. The SMILES string of the molecule is Fc1cc(F)c2nc(CCl)n(CC(F)F)c2c1. The molecule has 0 spiro atoms. The summed E-state index contributed by atoms with van der Waals surface area (Å²) in [6.45, 7) is -0.693. The van der Waals surface area contributed by atoms with Crippen LogP contribution in [0.3, 0.4) is 0 Å². The third-order valence-corrected chi connectivity index (χ3v) is 2.53. The van der Waals surface area contributed by atoms with E-state index < -0.39 is 24.6 Å². The summed E-state index contributed by atoms with van der Waals surface area (Å²) >= 11 is 5.53. The number of aromatic nitrogens is 2. The van der Waals surface area contributed by atoms with Gasteiger partial charge in [-0.25, -0.2) is 22.5 Å². The highest BCUT2D eigenvalue weighted by molar-refractivity contribution is 6.16. The van der Waals surface area contributed by atoms with Crippen molar-refractivity contribution in [2.75, 3.05) is 0 Å². The Morgan fingerprint density at radius 3 is 2.59 bits per heavy atom. The monoisotopic (exact) mass is 266 g/mol. The molecule has 0 fully saturated rings. The van der Waals surface area contributed by atoms with Gasteiger partial charge in [0.15, 0.2) is 5.82 Å². The molecule has 0 N–H and O–H groups in total. The second-order valence-corrected chi connectivity index (χ2v) is 3.69. The highest BCUT2D eigenvalue weighted by Gasteiger charge is 2.17. The number of benzene rings is 1. The lowest BCUT2D eigenvalue weighted by Gasteiger charge is -2.06. The summed E-state index contributed by atoms with van der Waals surface area (Å²) in [6, 6.07) is 1.61. The Morgan fingerprint density at radius 1 is 1.29 bits per heavy atom. The largest absolute Gasteiger partial charge is 0.321 e. The number of fused-ring (bicyclic) bond motifs is 1. The van der Waals surface area contributed by atoms with Crippen molar-refractivity contribution in [1.82, 2.24) is 9.55 Å². The summed E-state index contributed by atoms with van der Waals surface area (Å²) in [4.78, 5) is 3.78. The van der Waals surface area contributed by atoms with E-state index in [0.717, 1.165) is 10.6 Å². The molecule has 1 aromatic heterocycles. The van der Waals surface area contributed by atoms with Gasteiger partial charge in [0, 0.05) is 6.07 Å². The summed E-state index contributed by atoms with van der Waals surface area (Å²) in [7, 11) is 0. The molecular formula is C10H7ClF4N2. The first-order valence-electron chi connectivity index (χ1n) is 4.71. The predicted molar refractivity (Wildman–Crippen MR) is 55.2 cm³/mol. The van der Waals surface area contributed by atoms with Crippen LogP contribution in [-0.4, -0.2) is 16.0 Å². The summed E-state index contributed by atoms with van der Waals surface area (Å²) in [6.07, 6.45) is -2.65. The average molecular weight is 267 g/mol. The van der Waals surface area contributed by atoms with Crippen LogP contribution >= 0.6 is 11.6 Å². The molecule has 0 amide bonds. The van der Waals surface area contributed by atoms with Crippen LogP contribution < -0.4 is 0 Å². The maximum absolute atomic E-state index is 13.4. The van der Waals surface area contributed by atoms with Crippen LogP contribution in [-0.2, 0) is 12.4 Å². The van der Waals surface area contributed by atoms with Crippen LogP contribution in [0, 0.1) is 11.6 Å².